The Bertz CT molecular complexity index is 654. The molecule has 0 aliphatic carbocycles. The molecule has 0 radical (unpaired) electrons. The molecule has 2 aromatic rings. The molecule has 116 valence electrons. The van der Waals surface area contributed by atoms with Gasteiger partial charge in [0, 0.05) is 18.3 Å². The molecule has 0 saturated carbocycles. The number of hydrogen-bond donors (Lipinski definition) is 0. The lowest BCUT2D eigenvalue weighted by atomic mass is 10.0. The summed E-state index contributed by atoms with van der Waals surface area (Å²) in [6, 6.07) is 6.24. The Morgan fingerprint density at radius 3 is 2.73 bits per heavy atom. The van der Waals surface area contributed by atoms with E-state index in [-0.39, 0.29) is 5.97 Å². The molecule has 0 N–H and O–H groups in total. The largest absolute Gasteiger partial charge is 0.465 e. The summed E-state index contributed by atoms with van der Waals surface area (Å²) in [5, 5.41) is 7.61. The van der Waals surface area contributed by atoms with Crippen LogP contribution in [0.15, 0.2) is 30.9 Å². The zero-order valence-electron chi connectivity index (χ0n) is 12.9. The number of esters is 1. The van der Waals surface area contributed by atoms with Crippen molar-refractivity contribution in [2.24, 2.45) is 0 Å². The smallest absolute Gasteiger partial charge is 0.340 e. The number of methoxy groups -OCH3 is 1. The van der Waals surface area contributed by atoms with E-state index in [4.69, 9.17) is 4.74 Å². The zero-order chi connectivity index (χ0) is 15.5. The van der Waals surface area contributed by atoms with Gasteiger partial charge in [0.05, 0.1) is 18.4 Å². The van der Waals surface area contributed by atoms with Crippen molar-refractivity contribution in [1.82, 2.24) is 14.8 Å². The van der Waals surface area contributed by atoms with E-state index in [0.717, 1.165) is 30.8 Å². The first kappa shape index (κ1) is 14.6. The highest BCUT2D eigenvalue weighted by Crippen LogP contribution is 2.30. The number of aromatic nitrogens is 3. The van der Waals surface area contributed by atoms with Crippen LogP contribution in [0.2, 0.25) is 0 Å². The average Bonchev–Trinajstić information content (AvgIpc) is 3.08. The summed E-state index contributed by atoms with van der Waals surface area (Å²) < 4.78 is 6.74. The number of carbonyl (C=O) groups is 1. The van der Waals surface area contributed by atoms with Gasteiger partial charge in [0.2, 0.25) is 0 Å². The number of hydrogen-bond acceptors (Lipinski definition) is 5. The lowest BCUT2D eigenvalue weighted by Gasteiger charge is -2.36. The lowest BCUT2D eigenvalue weighted by molar-refractivity contribution is 0.0601. The van der Waals surface area contributed by atoms with Gasteiger partial charge in [0.1, 0.15) is 12.7 Å². The number of benzene rings is 1. The summed E-state index contributed by atoms with van der Waals surface area (Å²) in [7, 11) is 1.41. The normalized spacial score (nSPS) is 18.3. The molecule has 6 nitrogen and oxygen atoms in total. The van der Waals surface area contributed by atoms with E-state index in [0.29, 0.717) is 11.6 Å². The fourth-order valence-electron chi connectivity index (χ4n) is 3.00. The molecule has 0 amide bonds. The topological polar surface area (TPSA) is 60.3 Å². The van der Waals surface area contributed by atoms with E-state index >= 15 is 0 Å². The Balaban J connectivity index is 2.03. The van der Waals surface area contributed by atoms with Crippen molar-refractivity contribution in [2.45, 2.75) is 32.2 Å². The third-order valence-corrected chi connectivity index (χ3v) is 4.21. The molecule has 6 heteroatoms. The van der Waals surface area contributed by atoms with E-state index in [9.17, 15) is 4.79 Å². The number of ether oxygens (including phenoxy) is 1. The van der Waals surface area contributed by atoms with Crippen molar-refractivity contribution in [3.05, 3.63) is 36.4 Å². The molecule has 1 aliphatic heterocycles. The van der Waals surface area contributed by atoms with Crippen LogP contribution in [0.3, 0.4) is 0 Å². The minimum atomic E-state index is -0.317. The molecule has 1 saturated heterocycles. The van der Waals surface area contributed by atoms with E-state index < -0.39 is 0 Å². The van der Waals surface area contributed by atoms with Crippen LogP contribution in [-0.4, -0.2) is 40.4 Å². The Hall–Kier alpha value is -2.37. The second-order valence-corrected chi connectivity index (χ2v) is 5.60. The fourth-order valence-corrected chi connectivity index (χ4v) is 3.00. The fraction of sp³-hybridized carbons (Fsp3) is 0.438. The number of anilines is 1. The second kappa shape index (κ2) is 6.17. The SMILES string of the molecule is COC(=O)c1cc(-n2cnnc2)ccc1N1CCCC[C@@H]1C. The maximum Gasteiger partial charge on any atom is 0.340 e. The van der Waals surface area contributed by atoms with Crippen LogP contribution in [0.25, 0.3) is 5.69 Å². The third kappa shape index (κ3) is 2.68. The van der Waals surface area contributed by atoms with Crippen LogP contribution in [0.1, 0.15) is 36.5 Å². The van der Waals surface area contributed by atoms with E-state index in [1.54, 1.807) is 17.2 Å². The molecule has 1 atom stereocenters. The Morgan fingerprint density at radius 1 is 1.27 bits per heavy atom. The highest BCUT2D eigenvalue weighted by molar-refractivity contribution is 5.96. The van der Waals surface area contributed by atoms with Crippen molar-refractivity contribution < 1.29 is 9.53 Å². The molecule has 1 aliphatic rings. The molecule has 1 fully saturated rings. The van der Waals surface area contributed by atoms with Gasteiger partial charge in [-0.05, 0) is 44.4 Å². The van der Waals surface area contributed by atoms with Gasteiger partial charge in [0.15, 0.2) is 0 Å². The summed E-state index contributed by atoms with van der Waals surface area (Å²) in [5.74, 6) is -0.317. The molecule has 1 aromatic carbocycles. The molecule has 2 heterocycles. The van der Waals surface area contributed by atoms with Gasteiger partial charge in [-0.3, -0.25) is 4.57 Å². The van der Waals surface area contributed by atoms with Crippen LogP contribution in [-0.2, 0) is 4.74 Å². The Labute approximate surface area is 129 Å². The van der Waals surface area contributed by atoms with Crippen molar-refractivity contribution in [2.75, 3.05) is 18.6 Å². The van der Waals surface area contributed by atoms with Gasteiger partial charge in [-0.1, -0.05) is 0 Å². The Kier molecular flexibility index (Phi) is 4.09. The quantitative estimate of drug-likeness (QED) is 0.815. The standard InChI is InChI=1S/C16H20N4O2/c1-12-5-3-4-8-20(12)15-7-6-13(19-10-17-18-11-19)9-14(15)16(21)22-2/h6-7,9-12H,3-5,8H2,1-2H3/t12-/m0/s1. The molecular formula is C16H20N4O2. The van der Waals surface area contributed by atoms with Crippen molar-refractivity contribution in [1.29, 1.82) is 0 Å². The van der Waals surface area contributed by atoms with Crippen molar-refractivity contribution in [3.8, 4) is 5.69 Å². The summed E-state index contributed by atoms with van der Waals surface area (Å²) in [6.45, 7) is 3.17. The van der Waals surface area contributed by atoms with E-state index in [1.807, 2.05) is 18.2 Å². The Morgan fingerprint density at radius 2 is 2.05 bits per heavy atom. The van der Waals surface area contributed by atoms with Crippen molar-refractivity contribution in [3.63, 3.8) is 0 Å². The van der Waals surface area contributed by atoms with Gasteiger partial charge in [-0.25, -0.2) is 4.79 Å². The van der Waals surface area contributed by atoms with Gasteiger partial charge in [-0.2, -0.15) is 0 Å². The highest BCUT2D eigenvalue weighted by atomic mass is 16.5. The number of rotatable bonds is 3. The van der Waals surface area contributed by atoms with Crippen LogP contribution in [0.5, 0.6) is 0 Å². The van der Waals surface area contributed by atoms with Crippen LogP contribution in [0, 0.1) is 0 Å². The second-order valence-electron chi connectivity index (χ2n) is 5.60. The predicted octanol–water partition coefficient (Wildman–Crippen LogP) is 2.43. The monoisotopic (exact) mass is 300 g/mol. The first-order valence-corrected chi connectivity index (χ1v) is 7.54. The first-order valence-electron chi connectivity index (χ1n) is 7.54. The lowest BCUT2D eigenvalue weighted by Crippen LogP contribution is -2.38. The highest BCUT2D eigenvalue weighted by Gasteiger charge is 2.24. The van der Waals surface area contributed by atoms with Crippen molar-refractivity contribution >= 4 is 11.7 Å². The summed E-state index contributed by atoms with van der Waals surface area (Å²) in [6.07, 6.45) is 6.76. The van der Waals surface area contributed by atoms with E-state index in [1.165, 1.54) is 13.5 Å². The van der Waals surface area contributed by atoms with Crippen LogP contribution in [0.4, 0.5) is 5.69 Å². The predicted molar refractivity (Wildman–Crippen MR) is 83.4 cm³/mol. The minimum absolute atomic E-state index is 0.317. The number of piperidine rings is 1. The number of carbonyl (C=O) groups excluding carboxylic acids is 1. The third-order valence-electron chi connectivity index (χ3n) is 4.21. The maximum absolute atomic E-state index is 12.2. The zero-order valence-corrected chi connectivity index (χ0v) is 12.9. The summed E-state index contributed by atoms with van der Waals surface area (Å²) >= 11 is 0. The number of nitrogens with zero attached hydrogens (tertiary/aromatic N) is 4. The molecule has 0 unspecified atom stereocenters. The van der Waals surface area contributed by atoms with Gasteiger partial charge in [-0.15, -0.1) is 10.2 Å². The van der Waals surface area contributed by atoms with Gasteiger partial charge < -0.3 is 9.64 Å². The summed E-state index contributed by atoms with van der Waals surface area (Å²) in [4.78, 5) is 14.5. The molecule has 22 heavy (non-hydrogen) atoms. The summed E-state index contributed by atoms with van der Waals surface area (Å²) in [5.41, 5.74) is 2.37. The maximum atomic E-state index is 12.2. The van der Waals surface area contributed by atoms with Crippen LogP contribution >= 0.6 is 0 Å². The van der Waals surface area contributed by atoms with Crippen LogP contribution < -0.4 is 4.90 Å². The van der Waals surface area contributed by atoms with E-state index in [2.05, 4.69) is 22.0 Å². The molecule has 3 rings (SSSR count). The molecule has 0 bridgehead atoms. The first-order chi connectivity index (χ1) is 10.7. The molecule has 1 aromatic heterocycles. The van der Waals surface area contributed by atoms with Gasteiger partial charge in [0.25, 0.3) is 0 Å². The van der Waals surface area contributed by atoms with Gasteiger partial charge >= 0.3 is 5.97 Å². The molecular weight excluding hydrogens is 280 g/mol. The molecule has 0 spiro atoms. The average molecular weight is 300 g/mol. The minimum Gasteiger partial charge on any atom is -0.465 e.